The lowest BCUT2D eigenvalue weighted by molar-refractivity contribution is -0.146. The van der Waals surface area contributed by atoms with Gasteiger partial charge in [0.2, 0.25) is 0 Å². The predicted molar refractivity (Wildman–Crippen MR) is 99.8 cm³/mol. The zero-order chi connectivity index (χ0) is 18.9. The summed E-state index contributed by atoms with van der Waals surface area (Å²) in [5.74, 6) is 1.46. The van der Waals surface area contributed by atoms with E-state index < -0.39 is 5.97 Å². The fourth-order valence-electron chi connectivity index (χ4n) is 5.39. The molecule has 1 aliphatic heterocycles. The molecule has 0 radical (unpaired) electrons. The molecule has 4 rings (SSSR count). The third-order valence-corrected chi connectivity index (χ3v) is 6.96. The van der Waals surface area contributed by atoms with Gasteiger partial charge in [-0.3, -0.25) is 4.79 Å². The molecule has 1 N–H and O–H groups in total. The van der Waals surface area contributed by atoms with E-state index in [1.54, 1.807) is 30.3 Å². The van der Waals surface area contributed by atoms with E-state index in [1.165, 1.54) is 25.7 Å². The van der Waals surface area contributed by atoms with Crippen LogP contribution < -0.4 is 0 Å². The minimum absolute atomic E-state index is 0.0508. The van der Waals surface area contributed by atoms with Gasteiger partial charge >= 0.3 is 11.9 Å². The fourth-order valence-corrected chi connectivity index (χ4v) is 5.39. The number of hydrogen-bond acceptors (Lipinski definition) is 3. The van der Waals surface area contributed by atoms with Gasteiger partial charge in [0, 0.05) is 5.92 Å². The van der Waals surface area contributed by atoms with Crippen LogP contribution in [0.15, 0.2) is 30.3 Å². The topological polar surface area (TPSA) is 63.6 Å². The second-order valence-corrected chi connectivity index (χ2v) is 8.67. The number of esters is 1. The minimum Gasteiger partial charge on any atom is -0.478 e. The molecule has 4 nitrogen and oxygen atoms in total. The summed E-state index contributed by atoms with van der Waals surface area (Å²) in [4.78, 5) is 21.9. The van der Waals surface area contributed by atoms with Crippen molar-refractivity contribution in [3.8, 4) is 0 Å². The first-order valence-corrected chi connectivity index (χ1v) is 9.80. The van der Waals surface area contributed by atoms with E-state index in [4.69, 9.17) is 9.84 Å². The van der Waals surface area contributed by atoms with Crippen molar-refractivity contribution in [2.45, 2.75) is 59.0 Å². The average Bonchev–Trinajstić information content (AvgIpc) is 2.88. The Morgan fingerprint density at radius 3 is 2.54 bits per heavy atom. The minimum atomic E-state index is -0.879. The van der Waals surface area contributed by atoms with Crippen molar-refractivity contribution in [1.82, 2.24) is 0 Å². The van der Waals surface area contributed by atoms with Gasteiger partial charge in [0.05, 0.1) is 11.5 Å². The first-order chi connectivity index (χ1) is 12.3. The molecule has 0 aromatic heterocycles. The number of carboxylic acids is 1. The lowest BCUT2D eigenvalue weighted by Gasteiger charge is -2.51. The van der Waals surface area contributed by atoms with Gasteiger partial charge in [0.25, 0.3) is 0 Å². The third-order valence-electron chi connectivity index (χ3n) is 6.96. The third kappa shape index (κ3) is 3.65. The van der Waals surface area contributed by atoms with Crippen LogP contribution in [-0.2, 0) is 9.53 Å². The van der Waals surface area contributed by atoms with Gasteiger partial charge in [-0.25, -0.2) is 4.79 Å². The van der Waals surface area contributed by atoms with Crippen molar-refractivity contribution in [3.63, 3.8) is 0 Å². The fraction of sp³-hybridized carbons (Fsp3) is 0.636. The number of hydrogen-bond donors (Lipinski definition) is 1. The molecule has 2 aliphatic carbocycles. The number of carbonyl (C=O) groups is 2. The highest BCUT2D eigenvalue weighted by molar-refractivity contribution is 5.87. The standard InChI is InChI=1S/C15H24O2.C7H6O2/c1-9-5-4-6-15(3)8-13-11(7-12(9)15)10(2)14(16)17-13;8-7(9)6-4-2-1-3-5-6/h9-13H,4-8H2,1-3H3;1-5H,(H,8,9)/t9?,10-,11?,12?,13+,15+;/m0./s1. The monoisotopic (exact) mass is 358 g/mol. The van der Waals surface area contributed by atoms with Crippen LogP contribution in [0.25, 0.3) is 0 Å². The molecule has 3 fully saturated rings. The maximum atomic E-state index is 11.7. The Bertz CT molecular complexity index is 655. The van der Waals surface area contributed by atoms with E-state index in [-0.39, 0.29) is 18.0 Å². The molecular formula is C22H30O4. The Kier molecular flexibility index (Phi) is 5.40. The van der Waals surface area contributed by atoms with E-state index in [1.807, 2.05) is 0 Å². The summed E-state index contributed by atoms with van der Waals surface area (Å²) < 4.78 is 5.59. The van der Waals surface area contributed by atoms with Crippen LogP contribution in [0.3, 0.4) is 0 Å². The van der Waals surface area contributed by atoms with E-state index >= 15 is 0 Å². The molecule has 26 heavy (non-hydrogen) atoms. The zero-order valence-corrected chi connectivity index (χ0v) is 16.0. The van der Waals surface area contributed by atoms with Crippen LogP contribution in [0, 0.1) is 29.1 Å². The Hall–Kier alpha value is -1.84. The molecule has 1 saturated heterocycles. The zero-order valence-electron chi connectivity index (χ0n) is 16.0. The predicted octanol–water partition coefficient (Wildman–Crippen LogP) is 4.79. The smallest absolute Gasteiger partial charge is 0.335 e. The second kappa shape index (κ2) is 7.42. The Balaban J connectivity index is 0.000000185. The van der Waals surface area contributed by atoms with Gasteiger partial charge in [-0.1, -0.05) is 51.8 Å². The van der Waals surface area contributed by atoms with Crippen LogP contribution in [0.4, 0.5) is 0 Å². The number of aromatic carboxylic acids is 1. The van der Waals surface area contributed by atoms with E-state index in [9.17, 15) is 9.59 Å². The van der Waals surface area contributed by atoms with Crippen molar-refractivity contribution >= 4 is 11.9 Å². The molecule has 3 aliphatic rings. The number of ether oxygens (including phenoxy) is 1. The lowest BCUT2D eigenvalue weighted by atomic mass is 9.54. The molecule has 0 bridgehead atoms. The highest BCUT2D eigenvalue weighted by Gasteiger charge is 2.54. The molecule has 1 aromatic carbocycles. The molecular weight excluding hydrogens is 328 g/mol. The normalized spacial score (nSPS) is 38.3. The van der Waals surface area contributed by atoms with Gasteiger partial charge in [0.1, 0.15) is 6.10 Å². The molecule has 1 aromatic rings. The number of rotatable bonds is 1. The summed E-state index contributed by atoms with van der Waals surface area (Å²) in [5.41, 5.74) is 0.765. The van der Waals surface area contributed by atoms with Crippen molar-refractivity contribution in [3.05, 3.63) is 35.9 Å². The van der Waals surface area contributed by atoms with Gasteiger partial charge in [-0.05, 0) is 48.6 Å². The highest BCUT2D eigenvalue weighted by atomic mass is 16.6. The quantitative estimate of drug-likeness (QED) is 0.734. The van der Waals surface area contributed by atoms with Crippen molar-refractivity contribution < 1.29 is 19.4 Å². The van der Waals surface area contributed by atoms with Crippen molar-refractivity contribution in [2.24, 2.45) is 29.1 Å². The second-order valence-electron chi connectivity index (χ2n) is 8.67. The average molecular weight is 358 g/mol. The first-order valence-electron chi connectivity index (χ1n) is 9.80. The Morgan fingerprint density at radius 2 is 1.92 bits per heavy atom. The van der Waals surface area contributed by atoms with Crippen LogP contribution in [0.1, 0.15) is 63.2 Å². The Labute approximate surface area is 155 Å². The lowest BCUT2D eigenvalue weighted by Crippen LogP contribution is -2.46. The van der Waals surface area contributed by atoms with Gasteiger partial charge in [-0.2, -0.15) is 0 Å². The summed E-state index contributed by atoms with van der Waals surface area (Å²) in [6.45, 7) is 6.90. The van der Waals surface area contributed by atoms with Crippen LogP contribution in [0.2, 0.25) is 0 Å². The largest absolute Gasteiger partial charge is 0.478 e. The number of carboxylic acid groups (broad SMARTS) is 1. The summed E-state index contributed by atoms with van der Waals surface area (Å²) >= 11 is 0. The van der Waals surface area contributed by atoms with Gasteiger partial charge < -0.3 is 9.84 Å². The van der Waals surface area contributed by atoms with Gasteiger partial charge in [-0.15, -0.1) is 0 Å². The highest BCUT2D eigenvalue weighted by Crippen LogP contribution is 2.57. The number of fused-ring (bicyclic) bond motifs is 2. The van der Waals surface area contributed by atoms with Crippen molar-refractivity contribution in [1.29, 1.82) is 0 Å². The summed E-state index contributed by atoms with van der Waals surface area (Å²) in [5, 5.41) is 8.38. The maximum Gasteiger partial charge on any atom is 0.335 e. The SMILES string of the molecule is CC1CCC[C@]2(C)C[C@H]3OC(=O)[C@@H](C)C3CC12.O=C(O)c1ccccc1. The summed E-state index contributed by atoms with van der Waals surface area (Å²) in [6, 6.07) is 8.30. The molecule has 3 unspecified atom stereocenters. The molecule has 142 valence electrons. The Morgan fingerprint density at radius 1 is 1.23 bits per heavy atom. The maximum absolute atomic E-state index is 11.7. The molecule has 0 spiro atoms. The van der Waals surface area contributed by atoms with E-state index in [0.717, 1.165) is 18.3 Å². The van der Waals surface area contributed by atoms with Crippen molar-refractivity contribution in [2.75, 3.05) is 0 Å². The summed E-state index contributed by atoms with van der Waals surface area (Å²) in [7, 11) is 0. The van der Waals surface area contributed by atoms with Crippen LogP contribution in [-0.4, -0.2) is 23.1 Å². The van der Waals surface area contributed by atoms with E-state index in [0.29, 0.717) is 16.9 Å². The number of carbonyl (C=O) groups excluding carboxylic acids is 1. The number of benzene rings is 1. The van der Waals surface area contributed by atoms with E-state index in [2.05, 4.69) is 20.8 Å². The van der Waals surface area contributed by atoms with Gasteiger partial charge in [0.15, 0.2) is 0 Å². The summed E-state index contributed by atoms with van der Waals surface area (Å²) in [6.07, 6.45) is 6.62. The van der Waals surface area contributed by atoms with Crippen LogP contribution >= 0.6 is 0 Å². The van der Waals surface area contributed by atoms with Crippen LogP contribution in [0.5, 0.6) is 0 Å². The first kappa shape index (κ1) is 18.9. The molecule has 4 heteroatoms. The molecule has 2 saturated carbocycles. The molecule has 0 amide bonds. The molecule has 6 atom stereocenters. The molecule has 1 heterocycles.